The summed E-state index contributed by atoms with van der Waals surface area (Å²) in [6, 6.07) is -0.413. The number of aliphatic hydroxyl groups excluding tert-OH is 1. The molecule has 0 radical (unpaired) electrons. The van der Waals surface area contributed by atoms with E-state index in [0.29, 0.717) is 19.6 Å². The van der Waals surface area contributed by atoms with Gasteiger partial charge in [-0.1, -0.05) is 0 Å². The smallest absolute Gasteiger partial charge is 0.418 e. The second kappa shape index (κ2) is 8.97. The molecule has 2 atom stereocenters. The van der Waals surface area contributed by atoms with Gasteiger partial charge in [0.15, 0.2) is 0 Å². The molecule has 0 unspecified atom stereocenters. The minimum Gasteiger partial charge on any atom is -0.437 e. The van der Waals surface area contributed by atoms with Gasteiger partial charge in [0.05, 0.1) is 6.61 Å². The number of amides is 1. The predicted molar refractivity (Wildman–Crippen MR) is 91.7 cm³/mol. The predicted octanol–water partition coefficient (Wildman–Crippen LogP) is -2.88. The van der Waals surface area contributed by atoms with E-state index in [1.165, 1.54) is 4.90 Å². The van der Waals surface area contributed by atoms with E-state index in [4.69, 9.17) is 5.11 Å². The Kier molecular flexibility index (Phi) is 7.23. The molecule has 0 bridgehead atoms. The van der Waals surface area contributed by atoms with Crippen molar-refractivity contribution in [1.29, 1.82) is 0 Å². The Hall–Kier alpha value is -1.17. The summed E-state index contributed by atoms with van der Waals surface area (Å²) in [5.74, 6) is -0.514. The first kappa shape index (κ1) is 20.1. The van der Waals surface area contributed by atoms with Crippen LogP contribution in [0.4, 0.5) is 4.79 Å². The molecule has 3 heterocycles. The zero-order valence-corrected chi connectivity index (χ0v) is 14.7. The Morgan fingerprint density at radius 2 is 1.76 bits per heavy atom. The number of piperazine rings is 2. The number of carbonyl (C=O) groups excluding carboxylic acids is 2. The minimum absolute atomic E-state index is 0.123. The molecule has 0 spiro atoms. The number of aliphatic hydroxyl groups is 1. The van der Waals surface area contributed by atoms with Gasteiger partial charge in [-0.2, -0.15) is 0 Å². The van der Waals surface area contributed by atoms with E-state index in [9.17, 15) is 19.6 Å². The molecule has 0 aromatic carbocycles. The molecule has 1 amide bonds. The molecule has 3 saturated heterocycles. The number of hydrogen-bond acceptors (Lipinski definition) is 9. The molecule has 3 rings (SSSR count). The Morgan fingerprint density at radius 3 is 2.36 bits per heavy atom. The van der Waals surface area contributed by atoms with E-state index in [2.05, 4.69) is 10.1 Å². The van der Waals surface area contributed by atoms with Crippen LogP contribution in [0, 0.1) is 0 Å². The SMILES string of the molecule is CB(O)N1CCN2C(=O)OC(=O)[C@H]2C1.CB(O)N1CCN[C@@H](CO)C1. The van der Waals surface area contributed by atoms with Gasteiger partial charge < -0.3 is 34.8 Å². The van der Waals surface area contributed by atoms with E-state index >= 15 is 0 Å². The Balaban J connectivity index is 0.000000186. The molecule has 0 saturated carbocycles. The summed E-state index contributed by atoms with van der Waals surface area (Å²) in [4.78, 5) is 27.4. The van der Waals surface area contributed by atoms with E-state index in [-0.39, 0.29) is 12.6 Å². The van der Waals surface area contributed by atoms with Crippen LogP contribution in [0.2, 0.25) is 13.6 Å². The molecule has 140 valence electrons. The van der Waals surface area contributed by atoms with Crippen LogP contribution in [0.15, 0.2) is 0 Å². The monoisotopic (exact) mass is 356 g/mol. The number of esters is 1. The molecule has 3 fully saturated rings. The van der Waals surface area contributed by atoms with Gasteiger partial charge in [0.25, 0.3) is 0 Å². The van der Waals surface area contributed by atoms with Crippen LogP contribution in [0.1, 0.15) is 0 Å². The number of rotatable bonds is 3. The highest BCUT2D eigenvalue weighted by atomic mass is 16.6. The van der Waals surface area contributed by atoms with Crippen molar-refractivity contribution >= 4 is 26.2 Å². The molecule has 4 N–H and O–H groups in total. The molecular formula is C13H26B2N4O6. The average Bonchev–Trinajstić information content (AvgIpc) is 2.89. The van der Waals surface area contributed by atoms with Crippen LogP contribution in [-0.2, 0) is 9.53 Å². The molecule has 3 aliphatic rings. The maximum Gasteiger partial charge on any atom is 0.418 e. The van der Waals surface area contributed by atoms with Gasteiger partial charge in [-0.05, 0) is 13.6 Å². The number of ether oxygens (including phenoxy) is 1. The second-order valence-electron chi connectivity index (χ2n) is 6.48. The first-order valence-electron chi connectivity index (χ1n) is 8.54. The average molecular weight is 356 g/mol. The largest absolute Gasteiger partial charge is 0.437 e. The summed E-state index contributed by atoms with van der Waals surface area (Å²) in [5.41, 5.74) is 0. The Bertz CT molecular complexity index is 483. The summed E-state index contributed by atoms with van der Waals surface area (Å²) in [6.45, 7) is 7.30. The summed E-state index contributed by atoms with van der Waals surface area (Å²) in [6.07, 6.45) is -0.565. The number of fused-ring (bicyclic) bond motifs is 1. The summed E-state index contributed by atoms with van der Waals surface area (Å²) < 4.78 is 4.48. The van der Waals surface area contributed by atoms with Crippen LogP contribution >= 0.6 is 0 Å². The molecule has 0 aromatic heterocycles. The van der Waals surface area contributed by atoms with Gasteiger partial charge in [-0.25, -0.2) is 9.59 Å². The number of nitrogens with one attached hydrogen (secondary N) is 1. The molecule has 3 aliphatic heterocycles. The number of carbonyl (C=O) groups is 2. The van der Waals surface area contributed by atoms with Crippen molar-refractivity contribution in [3.8, 4) is 0 Å². The van der Waals surface area contributed by atoms with Gasteiger partial charge in [-0.15, -0.1) is 0 Å². The maximum absolute atomic E-state index is 11.2. The van der Waals surface area contributed by atoms with Crippen molar-refractivity contribution in [1.82, 2.24) is 19.8 Å². The third-order valence-corrected chi connectivity index (χ3v) is 4.67. The van der Waals surface area contributed by atoms with Crippen LogP contribution < -0.4 is 5.32 Å². The first-order chi connectivity index (χ1) is 11.8. The summed E-state index contributed by atoms with van der Waals surface area (Å²) in [5, 5.41) is 30.5. The van der Waals surface area contributed by atoms with Crippen molar-refractivity contribution in [2.24, 2.45) is 0 Å². The van der Waals surface area contributed by atoms with Crippen LogP contribution in [0.3, 0.4) is 0 Å². The fourth-order valence-electron chi connectivity index (χ4n) is 3.09. The topological polar surface area (TPSA) is 126 Å². The third-order valence-electron chi connectivity index (χ3n) is 4.67. The van der Waals surface area contributed by atoms with Crippen molar-refractivity contribution in [3.05, 3.63) is 0 Å². The fourth-order valence-corrected chi connectivity index (χ4v) is 3.09. The van der Waals surface area contributed by atoms with Crippen LogP contribution in [0.25, 0.3) is 0 Å². The van der Waals surface area contributed by atoms with Crippen molar-refractivity contribution in [2.45, 2.75) is 25.7 Å². The number of nitrogens with zero attached hydrogens (tertiary/aromatic N) is 3. The minimum atomic E-state index is -0.597. The zero-order chi connectivity index (χ0) is 18.6. The highest BCUT2D eigenvalue weighted by Gasteiger charge is 2.45. The van der Waals surface area contributed by atoms with E-state index in [0.717, 1.165) is 19.6 Å². The fraction of sp³-hybridized carbons (Fsp3) is 0.846. The molecule has 25 heavy (non-hydrogen) atoms. The molecule has 10 nitrogen and oxygen atoms in total. The molecule has 12 heteroatoms. The van der Waals surface area contributed by atoms with Gasteiger partial charge in [0.1, 0.15) is 6.04 Å². The second-order valence-corrected chi connectivity index (χ2v) is 6.48. The van der Waals surface area contributed by atoms with Gasteiger partial charge in [0.2, 0.25) is 0 Å². The lowest BCUT2D eigenvalue weighted by molar-refractivity contribution is -0.136. The molecule has 0 aliphatic carbocycles. The molecular weight excluding hydrogens is 330 g/mol. The zero-order valence-electron chi connectivity index (χ0n) is 14.7. The van der Waals surface area contributed by atoms with Crippen molar-refractivity contribution in [2.75, 3.05) is 45.9 Å². The standard InChI is InChI=1S/C7H11BN2O4.C6H15BN2O2/c1-8(13)9-2-3-10-5(4-9)6(11)14-7(10)12;1-7(11)9-3-2-8-6(4-9)5-10/h5,13H,2-4H2,1H3;6,8,10-11H,2-5H2,1H3/t5-;6-/m11/s1. The summed E-state index contributed by atoms with van der Waals surface area (Å²) in [7, 11) is -0.994. The quantitative estimate of drug-likeness (QED) is 0.240. The Labute approximate surface area is 148 Å². The number of cyclic esters (lactones) is 2. The van der Waals surface area contributed by atoms with Gasteiger partial charge in [-0.3, -0.25) is 4.90 Å². The van der Waals surface area contributed by atoms with Crippen molar-refractivity contribution < 1.29 is 29.5 Å². The normalized spacial score (nSPS) is 27.3. The first-order valence-corrected chi connectivity index (χ1v) is 8.54. The highest BCUT2D eigenvalue weighted by Crippen LogP contribution is 2.19. The lowest BCUT2D eigenvalue weighted by Crippen LogP contribution is -2.56. The lowest BCUT2D eigenvalue weighted by atomic mass is 9.83. The molecule has 0 aromatic rings. The van der Waals surface area contributed by atoms with Gasteiger partial charge >= 0.3 is 26.2 Å². The van der Waals surface area contributed by atoms with Crippen LogP contribution in [0.5, 0.6) is 0 Å². The van der Waals surface area contributed by atoms with Gasteiger partial charge in [0, 0.05) is 45.3 Å². The van der Waals surface area contributed by atoms with E-state index < -0.39 is 32.2 Å². The highest BCUT2D eigenvalue weighted by molar-refractivity contribution is 6.45. The van der Waals surface area contributed by atoms with E-state index in [1.807, 2.05) is 4.81 Å². The maximum atomic E-state index is 11.2. The van der Waals surface area contributed by atoms with E-state index in [1.54, 1.807) is 18.5 Å². The van der Waals surface area contributed by atoms with Crippen LogP contribution in [-0.4, -0.2) is 114 Å². The van der Waals surface area contributed by atoms with Crippen molar-refractivity contribution in [3.63, 3.8) is 0 Å². The Morgan fingerprint density at radius 1 is 1.12 bits per heavy atom. The third kappa shape index (κ3) is 5.16. The summed E-state index contributed by atoms with van der Waals surface area (Å²) >= 11 is 0. The lowest BCUT2D eigenvalue weighted by Gasteiger charge is -2.34. The number of hydrogen-bond donors (Lipinski definition) is 4.